The van der Waals surface area contributed by atoms with Gasteiger partial charge in [0.15, 0.2) is 0 Å². The molecule has 0 saturated carbocycles. The molecule has 0 aliphatic rings. The summed E-state index contributed by atoms with van der Waals surface area (Å²) in [6.45, 7) is 2.58. The Bertz CT molecular complexity index is 112. The second-order valence-corrected chi connectivity index (χ2v) is 3.58. The van der Waals surface area contributed by atoms with Gasteiger partial charge < -0.3 is 10.2 Å². The van der Waals surface area contributed by atoms with Crippen molar-refractivity contribution in [2.75, 3.05) is 11.9 Å². The minimum absolute atomic E-state index is 0.0347. The highest BCUT2D eigenvalue weighted by atomic mass is 79.9. The fraction of sp³-hybridized carbons (Fsp3) is 0.900. The van der Waals surface area contributed by atoms with E-state index in [-0.39, 0.29) is 5.33 Å². The Morgan fingerprint density at radius 3 is 1.93 bits per heavy atom. The SMILES string of the molecule is CCCCCCCCO.O=C(O)CBr. The lowest BCUT2D eigenvalue weighted by atomic mass is 10.1. The molecule has 0 aliphatic carbocycles. The molecule has 0 spiro atoms. The van der Waals surface area contributed by atoms with Crippen molar-refractivity contribution in [1.29, 1.82) is 0 Å². The van der Waals surface area contributed by atoms with E-state index in [0.717, 1.165) is 6.42 Å². The van der Waals surface area contributed by atoms with Crippen LogP contribution in [-0.2, 0) is 4.79 Å². The van der Waals surface area contributed by atoms with E-state index in [1.807, 2.05) is 0 Å². The predicted octanol–water partition coefficient (Wildman–Crippen LogP) is 2.81. The van der Waals surface area contributed by atoms with Crippen LogP contribution in [0.5, 0.6) is 0 Å². The molecule has 0 heterocycles. The van der Waals surface area contributed by atoms with Crippen molar-refractivity contribution in [2.24, 2.45) is 0 Å². The molecule has 14 heavy (non-hydrogen) atoms. The number of carbonyl (C=O) groups is 1. The van der Waals surface area contributed by atoms with Crippen LogP contribution in [0.25, 0.3) is 0 Å². The molecule has 86 valence electrons. The van der Waals surface area contributed by atoms with Gasteiger partial charge in [-0.2, -0.15) is 0 Å². The lowest BCUT2D eigenvalue weighted by Gasteiger charge is -1.95. The molecule has 0 atom stereocenters. The maximum atomic E-state index is 9.32. The van der Waals surface area contributed by atoms with Gasteiger partial charge in [0.25, 0.3) is 0 Å². The van der Waals surface area contributed by atoms with Crippen molar-refractivity contribution in [3.8, 4) is 0 Å². The smallest absolute Gasteiger partial charge is 0.314 e. The van der Waals surface area contributed by atoms with Crippen molar-refractivity contribution >= 4 is 21.9 Å². The number of alkyl halides is 1. The average Bonchev–Trinajstić information content (AvgIpc) is 2.19. The van der Waals surface area contributed by atoms with Crippen molar-refractivity contribution in [3.63, 3.8) is 0 Å². The molecule has 0 saturated heterocycles. The van der Waals surface area contributed by atoms with Crippen LogP contribution in [0.15, 0.2) is 0 Å². The average molecular weight is 269 g/mol. The first-order valence-electron chi connectivity index (χ1n) is 5.07. The minimum Gasteiger partial charge on any atom is -0.481 e. The Morgan fingerprint density at radius 2 is 1.57 bits per heavy atom. The third kappa shape index (κ3) is 22.7. The molecule has 0 fully saturated rings. The van der Waals surface area contributed by atoms with Gasteiger partial charge in [0.1, 0.15) is 5.33 Å². The maximum Gasteiger partial charge on any atom is 0.314 e. The summed E-state index contributed by atoms with van der Waals surface area (Å²) in [5.74, 6) is -0.829. The van der Waals surface area contributed by atoms with E-state index in [1.54, 1.807) is 0 Å². The molecule has 0 aliphatic heterocycles. The van der Waals surface area contributed by atoms with E-state index in [1.165, 1.54) is 32.1 Å². The first-order valence-corrected chi connectivity index (χ1v) is 6.19. The van der Waals surface area contributed by atoms with Crippen LogP contribution in [0.1, 0.15) is 45.4 Å². The zero-order valence-corrected chi connectivity index (χ0v) is 10.4. The number of aliphatic hydroxyl groups excluding tert-OH is 1. The Balaban J connectivity index is 0. The van der Waals surface area contributed by atoms with Crippen LogP contribution in [-0.4, -0.2) is 28.1 Å². The molecule has 0 aromatic rings. The Kier molecular flexibility index (Phi) is 18.0. The quantitative estimate of drug-likeness (QED) is 0.552. The van der Waals surface area contributed by atoms with Crippen molar-refractivity contribution in [2.45, 2.75) is 45.4 Å². The summed E-state index contributed by atoms with van der Waals surface area (Å²) in [4.78, 5) is 9.32. The molecular weight excluding hydrogens is 248 g/mol. The van der Waals surface area contributed by atoms with E-state index in [2.05, 4.69) is 22.9 Å². The van der Waals surface area contributed by atoms with E-state index >= 15 is 0 Å². The molecule has 0 bridgehead atoms. The van der Waals surface area contributed by atoms with Gasteiger partial charge in [-0.3, -0.25) is 4.79 Å². The predicted molar refractivity (Wildman–Crippen MR) is 61.9 cm³/mol. The molecule has 2 N–H and O–H groups in total. The topological polar surface area (TPSA) is 57.5 Å². The first-order chi connectivity index (χ1) is 6.68. The number of unbranched alkanes of at least 4 members (excludes halogenated alkanes) is 5. The monoisotopic (exact) mass is 268 g/mol. The number of rotatable bonds is 7. The van der Waals surface area contributed by atoms with Gasteiger partial charge in [0.2, 0.25) is 0 Å². The van der Waals surface area contributed by atoms with Crippen LogP contribution >= 0.6 is 15.9 Å². The van der Waals surface area contributed by atoms with Crippen LogP contribution in [0, 0.1) is 0 Å². The molecule has 0 aromatic heterocycles. The molecule has 0 amide bonds. The van der Waals surface area contributed by atoms with Crippen molar-refractivity contribution in [3.05, 3.63) is 0 Å². The second-order valence-electron chi connectivity index (χ2n) is 3.02. The third-order valence-electron chi connectivity index (χ3n) is 1.63. The lowest BCUT2D eigenvalue weighted by Crippen LogP contribution is -1.92. The normalized spacial score (nSPS) is 9.07. The van der Waals surface area contributed by atoms with Crippen LogP contribution in [0.3, 0.4) is 0 Å². The number of carboxylic acid groups (broad SMARTS) is 1. The molecule has 4 heteroatoms. The third-order valence-corrected chi connectivity index (χ3v) is 2.11. The highest BCUT2D eigenvalue weighted by molar-refractivity contribution is 9.09. The van der Waals surface area contributed by atoms with Crippen molar-refractivity contribution in [1.82, 2.24) is 0 Å². The fourth-order valence-corrected chi connectivity index (χ4v) is 0.892. The summed E-state index contributed by atoms with van der Waals surface area (Å²) in [6.07, 6.45) is 7.50. The summed E-state index contributed by atoms with van der Waals surface area (Å²) in [5, 5.41) is 16.1. The highest BCUT2D eigenvalue weighted by Crippen LogP contribution is 2.03. The van der Waals surface area contributed by atoms with E-state index < -0.39 is 5.97 Å². The number of aliphatic carboxylic acids is 1. The van der Waals surface area contributed by atoms with E-state index in [9.17, 15) is 4.79 Å². The van der Waals surface area contributed by atoms with Gasteiger partial charge in [-0.15, -0.1) is 0 Å². The molecule has 0 unspecified atom stereocenters. The Labute approximate surface area is 94.6 Å². The standard InChI is InChI=1S/C8H18O.C2H3BrO2/c1-2-3-4-5-6-7-8-9;3-1-2(4)5/h9H,2-8H2,1H3;1H2,(H,4,5). The van der Waals surface area contributed by atoms with Gasteiger partial charge >= 0.3 is 5.97 Å². The largest absolute Gasteiger partial charge is 0.481 e. The summed E-state index contributed by atoms with van der Waals surface area (Å²) < 4.78 is 0. The van der Waals surface area contributed by atoms with Gasteiger partial charge in [-0.25, -0.2) is 0 Å². The first kappa shape index (κ1) is 16.3. The summed E-state index contributed by atoms with van der Waals surface area (Å²) in [6, 6.07) is 0. The molecule has 3 nitrogen and oxygen atoms in total. The summed E-state index contributed by atoms with van der Waals surface area (Å²) in [5.41, 5.74) is 0. The maximum absolute atomic E-state index is 9.32. The van der Waals surface area contributed by atoms with Crippen LogP contribution < -0.4 is 0 Å². The number of hydrogen-bond acceptors (Lipinski definition) is 2. The number of aliphatic hydroxyl groups is 1. The second kappa shape index (κ2) is 15.4. The van der Waals surface area contributed by atoms with Crippen LogP contribution in [0.4, 0.5) is 0 Å². The minimum atomic E-state index is -0.829. The fourth-order valence-electron chi connectivity index (χ4n) is 0.892. The number of hydrogen-bond donors (Lipinski definition) is 2. The van der Waals surface area contributed by atoms with E-state index in [4.69, 9.17) is 10.2 Å². The van der Waals surface area contributed by atoms with Crippen molar-refractivity contribution < 1.29 is 15.0 Å². The summed E-state index contributed by atoms with van der Waals surface area (Å²) in [7, 11) is 0. The Morgan fingerprint density at radius 1 is 1.14 bits per heavy atom. The summed E-state index contributed by atoms with van der Waals surface area (Å²) >= 11 is 2.71. The lowest BCUT2D eigenvalue weighted by molar-refractivity contribution is -0.133. The van der Waals surface area contributed by atoms with Gasteiger partial charge in [-0.1, -0.05) is 55.0 Å². The molecular formula is C10H21BrO3. The van der Waals surface area contributed by atoms with Gasteiger partial charge in [-0.05, 0) is 6.42 Å². The van der Waals surface area contributed by atoms with Gasteiger partial charge in [0.05, 0.1) is 0 Å². The van der Waals surface area contributed by atoms with Gasteiger partial charge in [0, 0.05) is 6.61 Å². The highest BCUT2D eigenvalue weighted by Gasteiger charge is 1.86. The van der Waals surface area contributed by atoms with Crippen LogP contribution in [0.2, 0.25) is 0 Å². The molecule has 0 radical (unpaired) electrons. The molecule has 0 rings (SSSR count). The Hall–Kier alpha value is -0.0900. The molecule has 0 aromatic carbocycles. The van der Waals surface area contributed by atoms with E-state index in [0.29, 0.717) is 6.61 Å². The zero-order chi connectivity index (χ0) is 11.2. The number of carboxylic acids is 1. The number of halogens is 1. The zero-order valence-electron chi connectivity index (χ0n) is 8.84.